The number of benzene rings is 1. The number of halogens is 2. The molecule has 0 bridgehead atoms. The molecule has 0 atom stereocenters. The van der Waals surface area contributed by atoms with Crippen molar-refractivity contribution >= 4 is 44.9 Å². The van der Waals surface area contributed by atoms with Crippen LogP contribution in [0.15, 0.2) is 23.1 Å². The van der Waals surface area contributed by atoms with Crippen LogP contribution in [0.4, 0.5) is 11.6 Å². The molecule has 112 valence electrons. The van der Waals surface area contributed by atoms with E-state index < -0.39 is 10.0 Å². The van der Waals surface area contributed by atoms with Crippen LogP contribution in [0.3, 0.4) is 0 Å². The number of sulfonamides is 1. The van der Waals surface area contributed by atoms with Gasteiger partial charge < -0.3 is 5.73 Å². The van der Waals surface area contributed by atoms with Crippen LogP contribution in [-0.2, 0) is 10.0 Å². The highest BCUT2D eigenvalue weighted by molar-refractivity contribution is 7.92. The largest absolute Gasteiger partial charge is 0.396 e. The van der Waals surface area contributed by atoms with E-state index in [4.69, 9.17) is 28.9 Å². The number of hydrogen-bond acceptors (Lipinski definition) is 5. The topological polar surface area (TPSA) is 98.0 Å². The number of nitrogens with one attached hydrogen (secondary N) is 1. The molecule has 0 amide bonds. The second kappa shape index (κ2) is 5.67. The van der Waals surface area contributed by atoms with Crippen molar-refractivity contribution < 1.29 is 8.42 Å². The summed E-state index contributed by atoms with van der Waals surface area (Å²) in [5.74, 6) is -0.0305. The van der Waals surface area contributed by atoms with E-state index in [-0.39, 0.29) is 26.6 Å². The second-order valence-electron chi connectivity index (χ2n) is 4.35. The Morgan fingerprint density at radius 3 is 2.29 bits per heavy atom. The zero-order valence-electron chi connectivity index (χ0n) is 11.2. The van der Waals surface area contributed by atoms with Crippen molar-refractivity contribution in [2.75, 3.05) is 10.5 Å². The molecule has 1 aromatic carbocycles. The monoisotopic (exact) mass is 346 g/mol. The summed E-state index contributed by atoms with van der Waals surface area (Å²) in [6, 6.07) is 4.36. The lowest BCUT2D eigenvalue weighted by atomic mass is 10.3. The summed E-state index contributed by atoms with van der Waals surface area (Å²) in [5, 5.41) is 0.0426. The molecule has 1 aromatic heterocycles. The van der Waals surface area contributed by atoms with Gasteiger partial charge in [-0.3, -0.25) is 0 Å². The number of aryl methyl sites for hydroxylation is 2. The van der Waals surface area contributed by atoms with Crippen LogP contribution < -0.4 is 10.5 Å². The smallest absolute Gasteiger partial charge is 0.265 e. The Bertz CT molecular complexity index is 789. The first-order valence-electron chi connectivity index (χ1n) is 5.79. The molecule has 0 aliphatic rings. The van der Waals surface area contributed by atoms with Gasteiger partial charge in [-0.2, -0.15) is 0 Å². The SMILES string of the molecule is Cc1cc(C)nc(NS(=O)(=O)c2ccc(Cl)c(N)c2Cl)n1. The van der Waals surface area contributed by atoms with Crippen molar-refractivity contribution in [3.05, 3.63) is 39.6 Å². The summed E-state index contributed by atoms with van der Waals surface area (Å²) >= 11 is 11.7. The first-order chi connectivity index (χ1) is 9.70. The van der Waals surface area contributed by atoms with E-state index in [0.29, 0.717) is 11.4 Å². The zero-order chi connectivity index (χ0) is 15.8. The zero-order valence-corrected chi connectivity index (χ0v) is 13.5. The van der Waals surface area contributed by atoms with Gasteiger partial charge in [0, 0.05) is 11.4 Å². The quantitative estimate of drug-likeness (QED) is 0.832. The maximum Gasteiger partial charge on any atom is 0.265 e. The molecule has 3 N–H and O–H groups in total. The van der Waals surface area contributed by atoms with Crippen molar-refractivity contribution in [1.82, 2.24) is 9.97 Å². The van der Waals surface area contributed by atoms with Gasteiger partial charge in [0.15, 0.2) is 0 Å². The van der Waals surface area contributed by atoms with Crippen LogP contribution in [0.2, 0.25) is 10.0 Å². The van der Waals surface area contributed by atoms with Gasteiger partial charge in [-0.05, 0) is 32.0 Å². The fourth-order valence-electron chi connectivity index (χ4n) is 1.70. The molecule has 0 spiro atoms. The van der Waals surface area contributed by atoms with Crippen LogP contribution in [0.25, 0.3) is 0 Å². The Labute approximate surface area is 132 Å². The molecular formula is C12H12Cl2N4O2S. The maximum atomic E-state index is 12.3. The first-order valence-corrected chi connectivity index (χ1v) is 8.03. The third kappa shape index (κ3) is 3.37. The lowest BCUT2D eigenvalue weighted by molar-refractivity contribution is 0.601. The van der Waals surface area contributed by atoms with Gasteiger partial charge in [0.1, 0.15) is 4.90 Å². The third-order valence-corrected chi connectivity index (χ3v) is 4.81. The Morgan fingerprint density at radius 1 is 1.14 bits per heavy atom. The van der Waals surface area contributed by atoms with Gasteiger partial charge in [-0.1, -0.05) is 23.2 Å². The first kappa shape index (κ1) is 15.8. The summed E-state index contributed by atoms with van der Waals surface area (Å²) in [5.41, 5.74) is 6.92. The normalized spacial score (nSPS) is 11.4. The second-order valence-corrected chi connectivity index (χ2v) is 6.79. The minimum atomic E-state index is -3.96. The molecule has 0 aliphatic heterocycles. The molecule has 0 fully saturated rings. The van der Waals surface area contributed by atoms with E-state index in [2.05, 4.69) is 14.7 Å². The molecule has 6 nitrogen and oxygen atoms in total. The van der Waals surface area contributed by atoms with E-state index in [1.165, 1.54) is 12.1 Å². The average Bonchev–Trinajstić information content (AvgIpc) is 2.33. The van der Waals surface area contributed by atoms with Crippen LogP contribution in [0.1, 0.15) is 11.4 Å². The predicted octanol–water partition coefficient (Wildman–Crippen LogP) is 2.78. The molecule has 2 aromatic rings. The van der Waals surface area contributed by atoms with E-state index in [1.54, 1.807) is 19.9 Å². The van der Waals surface area contributed by atoms with Gasteiger partial charge >= 0.3 is 0 Å². The van der Waals surface area contributed by atoms with Crippen LogP contribution in [-0.4, -0.2) is 18.4 Å². The average molecular weight is 347 g/mol. The van der Waals surface area contributed by atoms with Crippen LogP contribution in [0.5, 0.6) is 0 Å². The third-order valence-electron chi connectivity index (χ3n) is 2.59. The van der Waals surface area contributed by atoms with Gasteiger partial charge in [0.2, 0.25) is 5.95 Å². The van der Waals surface area contributed by atoms with Crippen molar-refractivity contribution in [2.45, 2.75) is 18.7 Å². The minimum Gasteiger partial charge on any atom is -0.396 e. The fourth-order valence-corrected chi connectivity index (χ4v) is 3.41. The Kier molecular flexibility index (Phi) is 4.27. The van der Waals surface area contributed by atoms with Gasteiger partial charge in [0.25, 0.3) is 10.0 Å². The standard InChI is InChI=1S/C12H12Cl2N4O2S/c1-6-5-7(2)17-12(16-6)18-21(19,20)9-4-3-8(13)11(15)10(9)14/h3-5H,15H2,1-2H3,(H,16,17,18). The molecule has 0 saturated carbocycles. The van der Waals surface area contributed by atoms with Crippen LogP contribution in [0, 0.1) is 13.8 Å². The highest BCUT2D eigenvalue weighted by atomic mass is 35.5. The van der Waals surface area contributed by atoms with Crippen LogP contribution >= 0.6 is 23.2 Å². The molecule has 0 unspecified atom stereocenters. The van der Waals surface area contributed by atoms with Crippen molar-refractivity contribution in [3.8, 4) is 0 Å². The number of nitrogen functional groups attached to an aromatic ring is 1. The van der Waals surface area contributed by atoms with E-state index in [1.807, 2.05) is 0 Å². The van der Waals surface area contributed by atoms with E-state index >= 15 is 0 Å². The molecular weight excluding hydrogens is 335 g/mol. The molecule has 21 heavy (non-hydrogen) atoms. The molecule has 2 rings (SSSR count). The predicted molar refractivity (Wildman–Crippen MR) is 83.2 cm³/mol. The highest BCUT2D eigenvalue weighted by Crippen LogP contribution is 2.33. The van der Waals surface area contributed by atoms with Gasteiger partial charge in [-0.25, -0.2) is 23.1 Å². The summed E-state index contributed by atoms with van der Waals surface area (Å²) in [7, 11) is -3.96. The Morgan fingerprint density at radius 2 is 1.71 bits per heavy atom. The molecule has 9 heteroatoms. The molecule has 0 saturated heterocycles. The minimum absolute atomic E-state index is 0.00236. The van der Waals surface area contributed by atoms with Crippen molar-refractivity contribution in [3.63, 3.8) is 0 Å². The maximum absolute atomic E-state index is 12.3. The highest BCUT2D eigenvalue weighted by Gasteiger charge is 2.22. The van der Waals surface area contributed by atoms with Crippen molar-refractivity contribution in [1.29, 1.82) is 0 Å². The molecule has 0 radical (unpaired) electrons. The number of aromatic nitrogens is 2. The van der Waals surface area contributed by atoms with E-state index in [0.717, 1.165) is 0 Å². The summed E-state index contributed by atoms with van der Waals surface area (Å²) < 4.78 is 26.9. The van der Waals surface area contributed by atoms with Gasteiger partial charge in [0.05, 0.1) is 15.7 Å². The number of anilines is 2. The number of nitrogens with two attached hydrogens (primary N) is 1. The molecule has 1 heterocycles. The Balaban J connectivity index is 2.46. The lowest BCUT2D eigenvalue weighted by Crippen LogP contribution is -2.16. The number of rotatable bonds is 3. The number of hydrogen-bond donors (Lipinski definition) is 2. The van der Waals surface area contributed by atoms with Gasteiger partial charge in [-0.15, -0.1) is 0 Å². The summed E-state index contributed by atoms with van der Waals surface area (Å²) in [6.45, 7) is 3.47. The molecule has 0 aliphatic carbocycles. The summed E-state index contributed by atoms with van der Waals surface area (Å²) in [4.78, 5) is 7.84. The lowest BCUT2D eigenvalue weighted by Gasteiger charge is -2.11. The Hall–Kier alpha value is -1.57. The fraction of sp³-hybridized carbons (Fsp3) is 0.167. The number of nitrogens with zero attached hydrogens (tertiary/aromatic N) is 2. The summed E-state index contributed by atoms with van der Waals surface area (Å²) in [6.07, 6.45) is 0. The van der Waals surface area contributed by atoms with Crippen molar-refractivity contribution in [2.24, 2.45) is 0 Å². The van der Waals surface area contributed by atoms with E-state index in [9.17, 15) is 8.42 Å².